The molecule has 4 rings (SSSR count). The van der Waals surface area contributed by atoms with Crippen molar-refractivity contribution in [2.45, 2.75) is 12.8 Å². The van der Waals surface area contributed by atoms with Gasteiger partial charge in [-0.2, -0.15) is 0 Å². The predicted molar refractivity (Wildman–Crippen MR) is 109 cm³/mol. The van der Waals surface area contributed by atoms with Crippen molar-refractivity contribution in [2.75, 3.05) is 19.0 Å². The summed E-state index contributed by atoms with van der Waals surface area (Å²) in [4.78, 5) is 39.8. The fraction of sp³-hybridized carbons (Fsp3) is 0.333. The number of aliphatic hydroxyl groups is 2. The Morgan fingerprint density at radius 2 is 1.81 bits per heavy atom. The number of oxime groups is 1. The zero-order valence-electron chi connectivity index (χ0n) is 16.8. The molecule has 0 aliphatic heterocycles. The number of carbonyl (C=O) groups is 3. The normalized spacial score (nSPS) is 26.5. The number of phenolic OH excluding ortho intramolecular Hbond substituents is 1. The number of benzene rings is 1. The molecule has 1 aromatic rings. The Labute approximate surface area is 176 Å². The molecule has 31 heavy (non-hydrogen) atoms. The number of hydrogen-bond donors (Lipinski definition) is 5. The van der Waals surface area contributed by atoms with Crippen LogP contribution in [-0.2, 0) is 20.8 Å². The highest BCUT2D eigenvalue weighted by Crippen LogP contribution is 2.50. The summed E-state index contributed by atoms with van der Waals surface area (Å²) in [6.07, 6.45) is 0.366. The standard InChI is InChI=1S/C21H21N3O7/c1-24(2)10-3-4-11(25)13-8(10)5-7-6-9-14(18(27)12(7)17(13)26)19(28)15(21(22)30)20(29)16(9)23-31/h3-4,7,9,14,25-26,29,31H,5-6H2,1-2H3,(H2,22,30)/b23-16-/t7-,9?,14?/m0/s1. The zero-order valence-corrected chi connectivity index (χ0v) is 16.8. The Bertz CT molecular complexity index is 1150. The molecule has 162 valence electrons. The summed E-state index contributed by atoms with van der Waals surface area (Å²) in [7, 11) is 3.60. The van der Waals surface area contributed by atoms with E-state index in [1.54, 1.807) is 20.2 Å². The molecule has 0 bridgehead atoms. The largest absolute Gasteiger partial charge is 0.507 e. The number of nitrogens with zero attached hydrogens (tertiary/aromatic N) is 2. The van der Waals surface area contributed by atoms with E-state index >= 15 is 0 Å². The van der Waals surface area contributed by atoms with Gasteiger partial charge in [-0.3, -0.25) is 14.4 Å². The number of hydrogen-bond acceptors (Lipinski definition) is 9. The molecule has 3 atom stereocenters. The van der Waals surface area contributed by atoms with Gasteiger partial charge < -0.3 is 31.2 Å². The van der Waals surface area contributed by atoms with Crippen LogP contribution < -0.4 is 10.6 Å². The topological polar surface area (TPSA) is 174 Å². The minimum absolute atomic E-state index is 0.0317. The molecule has 6 N–H and O–H groups in total. The predicted octanol–water partition coefficient (Wildman–Crippen LogP) is 0.815. The number of rotatable bonds is 2. The lowest BCUT2D eigenvalue weighted by Crippen LogP contribution is -2.50. The smallest absolute Gasteiger partial charge is 0.256 e. The summed E-state index contributed by atoms with van der Waals surface area (Å²) < 4.78 is 0. The molecule has 0 spiro atoms. The average molecular weight is 427 g/mol. The maximum Gasteiger partial charge on any atom is 0.256 e. The summed E-state index contributed by atoms with van der Waals surface area (Å²) in [6.45, 7) is 0. The molecular weight excluding hydrogens is 406 g/mol. The van der Waals surface area contributed by atoms with Crippen molar-refractivity contribution >= 4 is 34.6 Å². The number of carbonyl (C=O) groups excluding carboxylic acids is 3. The van der Waals surface area contributed by atoms with Crippen molar-refractivity contribution in [1.29, 1.82) is 0 Å². The fourth-order valence-electron chi connectivity index (χ4n) is 5.01. The molecule has 1 aromatic carbocycles. The Kier molecular flexibility index (Phi) is 4.53. The van der Waals surface area contributed by atoms with Crippen LogP contribution in [0.1, 0.15) is 17.5 Å². The summed E-state index contributed by atoms with van der Waals surface area (Å²) in [6, 6.07) is 3.11. The Morgan fingerprint density at radius 3 is 2.39 bits per heavy atom. The van der Waals surface area contributed by atoms with Crippen molar-refractivity contribution in [2.24, 2.45) is 28.6 Å². The quantitative estimate of drug-likeness (QED) is 0.199. The first-order valence-corrected chi connectivity index (χ1v) is 9.59. The van der Waals surface area contributed by atoms with Gasteiger partial charge in [0.1, 0.15) is 22.8 Å². The van der Waals surface area contributed by atoms with Crippen LogP contribution in [0.4, 0.5) is 5.69 Å². The highest BCUT2D eigenvalue weighted by molar-refractivity contribution is 6.34. The summed E-state index contributed by atoms with van der Waals surface area (Å²) in [5.41, 5.74) is 5.48. The van der Waals surface area contributed by atoms with E-state index in [9.17, 15) is 34.9 Å². The number of fused-ring (bicyclic) bond motifs is 3. The number of amides is 1. The van der Waals surface area contributed by atoms with Crippen LogP contribution in [0.3, 0.4) is 0 Å². The fourth-order valence-corrected chi connectivity index (χ4v) is 5.01. The van der Waals surface area contributed by atoms with Crippen molar-refractivity contribution in [3.05, 3.63) is 40.2 Å². The van der Waals surface area contributed by atoms with Gasteiger partial charge in [0.2, 0.25) is 0 Å². The maximum absolute atomic E-state index is 13.4. The van der Waals surface area contributed by atoms with Gasteiger partial charge in [-0.05, 0) is 36.5 Å². The van der Waals surface area contributed by atoms with Gasteiger partial charge in [-0.15, -0.1) is 0 Å². The number of ketones is 2. The van der Waals surface area contributed by atoms with E-state index in [0.29, 0.717) is 5.56 Å². The highest BCUT2D eigenvalue weighted by Gasteiger charge is 2.54. The summed E-state index contributed by atoms with van der Waals surface area (Å²) >= 11 is 0. The first kappa shape index (κ1) is 20.5. The molecule has 0 saturated heterocycles. The van der Waals surface area contributed by atoms with Crippen molar-refractivity contribution in [1.82, 2.24) is 0 Å². The second kappa shape index (κ2) is 6.86. The van der Waals surface area contributed by atoms with Crippen molar-refractivity contribution in [3.63, 3.8) is 0 Å². The van der Waals surface area contributed by atoms with E-state index in [0.717, 1.165) is 5.69 Å². The van der Waals surface area contributed by atoms with Gasteiger partial charge in [0.05, 0.1) is 11.5 Å². The number of nitrogens with two attached hydrogens (primary N) is 1. The number of Topliss-reactive ketones (excluding diaryl/α,β-unsaturated/α-hetero) is 2. The lowest BCUT2D eigenvalue weighted by molar-refractivity contribution is -0.133. The molecule has 1 amide bonds. The second-order valence-corrected chi connectivity index (χ2v) is 8.14. The number of phenols is 1. The molecule has 0 radical (unpaired) electrons. The number of allylic oxidation sites excluding steroid dienone is 2. The minimum Gasteiger partial charge on any atom is -0.507 e. The zero-order chi connectivity index (χ0) is 22.8. The molecule has 10 nitrogen and oxygen atoms in total. The van der Waals surface area contributed by atoms with Crippen LogP contribution >= 0.6 is 0 Å². The Hall–Kier alpha value is -3.82. The van der Waals surface area contributed by atoms with Crippen LogP contribution in [-0.4, -0.2) is 57.8 Å². The molecule has 0 heterocycles. The van der Waals surface area contributed by atoms with Crippen LogP contribution in [0, 0.1) is 17.8 Å². The number of anilines is 1. The number of primary amides is 1. The van der Waals surface area contributed by atoms with Crippen LogP contribution in [0.2, 0.25) is 0 Å². The minimum atomic E-state index is -1.47. The average Bonchev–Trinajstić information content (AvgIpc) is 2.67. The Morgan fingerprint density at radius 1 is 1.13 bits per heavy atom. The third-order valence-corrected chi connectivity index (χ3v) is 6.30. The lowest BCUT2D eigenvalue weighted by Gasteiger charge is -2.41. The second-order valence-electron chi connectivity index (χ2n) is 8.14. The van der Waals surface area contributed by atoms with Crippen molar-refractivity contribution in [3.8, 4) is 5.75 Å². The van der Waals surface area contributed by atoms with Gasteiger partial charge in [-0.25, -0.2) is 0 Å². The molecule has 1 saturated carbocycles. The third kappa shape index (κ3) is 2.71. The third-order valence-electron chi connectivity index (χ3n) is 6.30. The monoisotopic (exact) mass is 427 g/mol. The molecule has 10 heteroatoms. The van der Waals surface area contributed by atoms with Gasteiger partial charge >= 0.3 is 0 Å². The molecule has 3 aliphatic rings. The van der Waals surface area contributed by atoms with E-state index in [2.05, 4.69) is 5.16 Å². The molecule has 3 aliphatic carbocycles. The van der Waals surface area contributed by atoms with Crippen LogP contribution in [0.5, 0.6) is 5.75 Å². The number of aliphatic hydroxyl groups excluding tert-OH is 2. The molecule has 2 unspecified atom stereocenters. The van der Waals surface area contributed by atoms with Gasteiger partial charge in [0.15, 0.2) is 17.3 Å². The SMILES string of the molecule is CN(C)c1ccc(O)c2c1C[C@H]1CC3/C(=N/O)C(O)=C(C(N)=O)C(=O)C3C(=O)C1=C2O. The van der Waals surface area contributed by atoms with Gasteiger partial charge in [0.25, 0.3) is 5.91 Å². The van der Waals surface area contributed by atoms with E-state index in [1.165, 1.54) is 6.07 Å². The first-order chi connectivity index (χ1) is 14.6. The van der Waals surface area contributed by atoms with E-state index in [-0.39, 0.29) is 35.4 Å². The summed E-state index contributed by atoms with van der Waals surface area (Å²) in [5, 5.41) is 44.2. The first-order valence-electron chi connectivity index (χ1n) is 9.59. The Balaban J connectivity index is 1.92. The molecule has 1 fully saturated rings. The molecule has 0 aromatic heterocycles. The van der Waals surface area contributed by atoms with Crippen LogP contribution in [0.15, 0.2) is 34.2 Å². The van der Waals surface area contributed by atoms with Gasteiger partial charge in [0, 0.05) is 31.3 Å². The molecular formula is C21H21N3O7. The van der Waals surface area contributed by atoms with Crippen molar-refractivity contribution < 1.29 is 34.9 Å². The van der Waals surface area contributed by atoms with E-state index in [1.807, 2.05) is 4.90 Å². The van der Waals surface area contributed by atoms with Gasteiger partial charge in [-0.1, -0.05) is 5.16 Å². The number of aromatic hydroxyl groups is 1. The van der Waals surface area contributed by atoms with E-state index < -0.39 is 52.3 Å². The van der Waals surface area contributed by atoms with Crippen LogP contribution in [0.25, 0.3) is 5.76 Å². The van der Waals surface area contributed by atoms with E-state index in [4.69, 9.17) is 5.73 Å². The highest BCUT2D eigenvalue weighted by atomic mass is 16.4. The summed E-state index contributed by atoms with van der Waals surface area (Å²) in [5.74, 6) is -7.48. The lowest BCUT2D eigenvalue weighted by atomic mass is 9.60. The maximum atomic E-state index is 13.4.